The van der Waals surface area contributed by atoms with Crippen LogP contribution in [0.4, 0.5) is 13.2 Å². The standard InChI is InChI=1S/C12H17F3N2O/c1-11(2,3)10(17-16)8-5-4-6-9(7-8)18-12(13,14)15/h4-7,10,17H,16H2,1-3H3. The van der Waals surface area contributed by atoms with Crippen molar-refractivity contribution in [2.75, 3.05) is 0 Å². The molecule has 1 aromatic carbocycles. The van der Waals surface area contributed by atoms with Gasteiger partial charge in [-0.1, -0.05) is 32.9 Å². The Morgan fingerprint density at radius 3 is 2.28 bits per heavy atom. The summed E-state index contributed by atoms with van der Waals surface area (Å²) in [6.07, 6.45) is -4.69. The minimum Gasteiger partial charge on any atom is -0.406 e. The number of nitrogens with two attached hydrogens (primary N) is 1. The highest BCUT2D eigenvalue weighted by Crippen LogP contribution is 2.34. The van der Waals surface area contributed by atoms with Crippen molar-refractivity contribution in [3.63, 3.8) is 0 Å². The minimum atomic E-state index is -4.69. The lowest BCUT2D eigenvalue weighted by molar-refractivity contribution is -0.274. The zero-order valence-corrected chi connectivity index (χ0v) is 10.5. The van der Waals surface area contributed by atoms with Crippen LogP contribution in [-0.4, -0.2) is 6.36 Å². The van der Waals surface area contributed by atoms with Gasteiger partial charge in [0.2, 0.25) is 0 Å². The lowest BCUT2D eigenvalue weighted by atomic mass is 9.83. The molecular formula is C12H17F3N2O. The third-order valence-corrected chi connectivity index (χ3v) is 2.46. The van der Waals surface area contributed by atoms with Gasteiger partial charge in [-0.25, -0.2) is 0 Å². The van der Waals surface area contributed by atoms with E-state index in [0.717, 1.165) is 0 Å². The smallest absolute Gasteiger partial charge is 0.406 e. The van der Waals surface area contributed by atoms with Gasteiger partial charge in [0.15, 0.2) is 0 Å². The average Bonchev–Trinajstić information content (AvgIpc) is 2.13. The van der Waals surface area contributed by atoms with Crippen LogP contribution in [0.1, 0.15) is 32.4 Å². The predicted molar refractivity (Wildman–Crippen MR) is 62.6 cm³/mol. The molecule has 0 aliphatic carbocycles. The van der Waals surface area contributed by atoms with E-state index < -0.39 is 6.36 Å². The van der Waals surface area contributed by atoms with Gasteiger partial charge in [-0.05, 0) is 23.1 Å². The molecule has 0 saturated heterocycles. The SMILES string of the molecule is CC(C)(C)C(NN)c1cccc(OC(F)(F)F)c1. The third-order valence-electron chi connectivity index (χ3n) is 2.46. The summed E-state index contributed by atoms with van der Waals surface area (Å²) in [5.41, 5.74) is 3.03. The molecule has 0 bridgehead atoms. The fraction of sp³-hybridized carbons (Fsp3) is 0.500. The quantitative estimate of drug-likeness (QED) is 0.650. The van der Waals surface area contributed by atoms with Crippen molar-refractivity contribution in [1.29, 1.82) is 0 Å². The highest BCUT2D eigenvalue weighted by Gasteiger charge is 2.32. The summed E-state index contributed by atoms with van der Waals surface area (Å²) < 4.78 is 40.3. The summed E-state index contributed by atoms with van der Waals surface area (Å²) in [6.45, 7) is 5.82. The van der Waals surface area contributed by atoms with Gasteiger partial charge in [-0.15, -0.1) is 13.2 Å². The van der Waals surface area contributed by atoms with Crippen molar-refractivity contribution in [2.24, 2.45) is 11.3 Å². The Hall–Kier alpha value is -1.27. The Balaban J connectivity index is 3.01. The summed E-state index contributed by atoms with van der Waals surface area (Å²) in [5.74, 6) is 5.21. The Morgan fingerprint density at radius 2 is 1.83 bits per heavy atom. The number of rotatable bonds is 3. The maximum atomic E-state index is 12.1. The van der Waals surface area contributed by atoms with Crippen LogP contribution in [0.25, 0.3) is 0 Å². The van der Waals surface area contributed by atoms with Gasteiger partial charge < -0.3 is 4.74 Å². The molecule has 0 amide bonds. The van der Waals surface area contributed by atoms with Gasteiger partial charge in [0, 0.05) is 0 Å². The van der Waals surface area contributed by atoms with E-state index in [2.05, 4.69) is 10.2 Å². The molecule has 1 unspecified atom stereocenters. The second-order valence-electron chi connectivity index (χ2n) is 5.09. The van der Waals surface area contributed by atoms with Crippen LogP contribution in [-0.2, 0) is 0 Å². The number of hydrazine groups is 1. The first-order valence-corrected chi connectivity index (χ1v) is 5.45. The Kier molecular flexibility index (Phi) is 4.24. The minimum absolute atomic E-state index is 0.231. The number of nitrogens with one attached hydrogen (secondary N) is 1. The molecule has 0 fully saturated rings. The van der Waals surface area contributed by atoms with Crippen molar-refractivity contribution in [2.45, 2.75) is 33.2 Å². The van der Waals surface area contributed by atoms with E-state index in [1.54, 1.807) is 6.07 Å². The van der Waals surface area contributed by atoms with Crippen molar-refractivity contribution >= 4 is 0 Å². The maximum Gasteiger partial charge on any atom is 0.573 e. The maximum absolute atomic E-state index is 12.1. The Labute approximate surface area is 104 Å². The number of benzene rings is 1. The van der Waals surface area contributed by atoms with E-state index in [0.29, 0.717) is 5.56 Å². The van der Waals surface area contributed by atoms with Crippen molar-refractivity contribution in [1.82, 2.24) is 5.43 Å². The predicted octanol–water partition coefficient (Wildman–Crippen LogP) is 3.14. The van der Waals surface area contributed by atoms with Crippen molar-refractivity contribution < 1.29 is 17.9 Å². The van der Waals surface area contributed by atoms with Crippen LogP contribution < -0.4 is 16.0 Å². The molecule has 1 aromatic rings. The summed E-state index contributed by atoms with van der Waals surface area (Å²) in [6, 6.07) is 5.54. The van der Waals surface area contributed by atoms with Crippen LogP contribution in [0.3, 0.4) is 0 Å². The largest absolute Gasteiger partial charge is 0.573 e. The van der Waals surface area contributed by atoms with Gasteiger partial charge >= 0.3 is 6.36 Å². The van der Waals surface area contributed by atoms with E-state index in [9.17, 15) is 13.2 Å². The Morgan fingerprint density at radius 1 is 1.22 bits per heavy atom. The van der Waals surface area contributed by atoms with E-state index in [1.807, 2.05) is 20.8 Å². The summed E-state index contributed by atoms with van der Waals surface area (Å²) >= 11 is 0. The first kappa shape index (κ1) is 14.8. The first-order valence-electron chi connectivity index (χ1n) is 5.45. The lowest BCUT2D eigenvalue weighted by Gasteiger charge is -2.30. The number of halogens is 3. The van der Waals surface area contributed by atoms with Gasteiger partial charge in [-0.2, -0.15) is 0 Å². The fourth-order valence-electron chi connectivity index (χ4n) is 1.74. The monoisotopic (exact) mass is 262 g/mol. The molecule has 3 N–H and O–H groups in total. The highest BCUT2D eigenvalue weighted by molar-refractivity contribution is 5.31. The zero-order valence-electron chi connectivity index (χ0n) is 10.5. The second-order valence-corrected chi connectivity index (χ2v) is 5.09. The molecule has 3 nitrogen and oxygen atoms in total. The van der Waals surface area contributed by atoms with Crippen LogP contribution in [0.2, 0.25) is 0 Å². The van der Waals surface area contributed by atoms with Crippen LogP contribution in [0.5, 0.6) is 5.75 Å². The van der Waals surface area contributed by atoms with Gasteiger partial charge in [-0.3, -0.25) is 11.3 Å². The molecule has 0 aliphatic rings. The van der Waals surface area contributed by atoms with Gasteiger partial charge in [0.25, 0.3) is 0 Å². The third kappa shape index (κ3) is 4.19. The molecule has 18 heavy (non-hydrogen) atoms. The lowest BCUT2D eigenvalue weighted by Crippen LogP contribution is -2.36. The van der Waals surface area contributed by atoms with E-state index in [-0.39, 0.29) is 17.2 Å². The molecule has 0 heterocycles. The number of hydrogen-bond acceptors (Lipinski definition) is 3. The molecule has 0 spiro atoms. The van der Waals surface area contributed by atoms with Gasteiger partial charge in [0.1, 0.15) is 5.75 Å². The number of ether oxygens (including phenoxy) is 1. The molecule has 0 saturated carbocycles. The molecule has 1 atom stereocenters. The average molecular weight is 262 g/mol. The van der Waals surface area contributed by atoms with E-state index in [4.69, 9.17) is 5.84 Å². The molecule has 6 heteroatoms. The molecule has 102 valence electrons. The van der Waals surface area contributed by atoms with Crippen LogP contribution >= 0.6 is 0 Å². The Bertz CT molecular complexity index is 399. The topological polar surface area (TPSA) is 47.3 Å². The normalized spacial score (nSPS) is 14.4. The molecule has 1 rings (SSSR count). The first-order chi connectivity index (χ1) is 8.13. The molecule has 0 aromatic heterocycles. The van der Waals surface area contributed by atoms with Crippen molar-refractivity contribution in [3.8, 4) is 5.75 Å². The van der Waals surface area contributed by atoms with Crippen LogP contribution in [0.15, 0.2) is 24.3 Å². The molecule has 0 radical (unpaired) electrons. The number of hydrogen-bond donors (Lipinski definition) is 2. The summed E-state index contributed by atoms with van der Waals surface area (Å²) in [4.78, 5) is 0. The number of alkyl halides is 3. The van der Waals surface area contributed by atoms with E-state index >= 15 is 0 Å². The molecular weight excluding hydrogens is 245 g/mol. The highest BCUT2D eigenvalue weighted by atomic mass is 19.4. The van der Waals surface area contributed by atoms with Gasteiger partial charge in [0.05, 0.1) is 6.04 Å². The van der Waals surface area contributed by atoms with Crippen molar-refractivity contribution in [3.05, 3.63) is 29.8 Å². The van der Waals surface area contributed by atoms with Crippen LogP contribution in [0, 0.1) is 5.41 Å². The summed E-state index contributed by atoms with van der Waals surface area (Å²) in [5, 5.41) is 0. The zero-order chi connectivity index (χ0) is 14.0. The second kappa shape index (κ2) is 5.16. The summed E-state index contributed by atoms with van der Waals surface area (Å²) in [7, 11) is 0. The fourth-order valence-corrected chi connectivity index (χ4v) is 1.74. The molecule has 0 aliphatic heterocycles. The van der Waals surface area contributed by atoms with E-state index in [1.165, 1.54) is 18.2 Å².